The number of nitrogens with one attached hydrogen (secondary N) is 1. The highest BCUT2D eigenvalue weighted by atomic mass is 127. The van der Waals surface area contributed by atoms with Crippen LogP contribution < -0.4 is 14.8 Å². The molecule has 0 radical (unpaired) electrons. The minimum absolute atomic E-state index is 0. The molecular formula is C21H29FIN3O3. The standard InChI is InChI=1S/C21H28FN3O3.HI/c1-5-23-21(24-12-15-6-9-19(22)17(10-15)14-26)25(2)13-16-7-8-18(27-3)11-20(16)28-4;/h6-11,26H,5,12-14H2,1-4H3,(H,23,24);1H. The predicted molar refractivity (Wildman–Crippen MR) is 124 cm³/mol. The largest absolute Gasteiger partial charge is 0.497 e. The van der Waals surface area contributed by atoms with Crippen LogP contribution in [0.3, 0.4) is 0 Å². The highest BCUT2D eigenvalue weighted by molar-refractivity contribution is 14.0. The number of hydrogen-bond acceptors (Lipinski definition) is 4. The van der Waals surface area contributed by atoms with Crippen molar-refractivity contribution < 1.29 is 19.0 Å². The van der Waals surface area contributed by atoms with E-state index in [4.69, 9.17) is 9.47 Å². The topological polar surface area (TPSA) is 66.3 Å². The molecule has 160 valence electrons. The van der Waals surface area contributed by atoms with Gasteiger partial charge in [0.1, 0.15) is 17.3 Å². The minimum Gasteiger partial charge on any atom is -0.497 e. The van der Waals surface area contributed by atoms with Gasteiger partial charge in [0.25, 0.3) is 0 Å². The van der Waals surface area contributed by atoms with Crippen molar-refractivity contribution in [1.82, 2.24) is 10.2 Å². The molecule has 29 heavy (non-hydrogen) atoms. The highest BCUT2D eigenvalue weighted by Gasteiger charge is 2.11. The number of aliphatic hydroxyl groups is 1. The lowest BCUT2D eigenvalue weighted by Crippen LogP contribution is -2.38. The van der Waals surface area contributed by atoms with E-state index >= 15 is 0 Å². The lowest BCUT2D eigenvalue weighted by Gasteiger charge is -2.23. The zero-order valence-electron chi connectivity index (χ0n) is 17.2. The number of rotatable bonds is 8. The third-order valence-corrected chi connectivity index (χ3v) is 4.29. The van der Waals surface area contributed by atoms with Crippen molar-refractivity contribution in [2.24, 2.45) is 4.99 Å². The van der Waals surface area contributed by atoms with Gasteiger partial charge in [0.05, 0.1) is 27.4 Å². The molecule has 0 aromatic heterocycles. The Morgan fingerprint density at radius 2 is 1.90 bits per heavy atom. The molecule has 2 aromatic carbocycles. The average molecular weight is 517 g/mol. The lowest BCUT2D eigenvalue weighted by atomic mass is 10.1. The Kier molecular flexibility index (Phi) is 10.7. The molecule has 0 saturated heterocycles. The Bertz CT molecular complexity index is 818. The molecule has 0 unspecified atom stereocenters. The third kappa shape index (κ3) is 7.04. The zero-order valence-corrected chi connectivity index (χ0v) is 19.6. The number of guanidine groups is 1. The van der Waals surface area contributed by atoms with Gasteiger partial charge in [0, 0.05) is 37.3 Å². The molecule has 6 nitrogen and oxygen atoms in total. The Morgan fingerprint density at radius 3 is 2.52 bits per heavy atom. The smallest absolute Gasteiger partial charge is 0.194 e. The summed E-state index contributed by atoms with van der Waals surface area (Å²) in [4.78, 5) is 6.63. The van der Waals surface area contributed by atoms with Crippen LogP contribution in [0.1, 0.15) is 23.6 Å². The molecule has 0 fully saturated rings. The van der Waals surface area contributed by atoms with Crippen molar-refractivity contribution >= 4 is 29.9 Å². The maximum absolute atomic E-state index is 13.5. The first-order chi connectivity index (χ1) is 13.5. The van der Waals surface area contributed by atoms with Crippen molar-refractivity contribution in [3.63, 3.8) is 0 Å². The van der Waals surface area contributed by atoms with Gasteiger partial charge in [-0.15, -0.1) is 24.0 Å². The Balaban J connectivity index is 0.00000420. The quantitative estimate of drug-likeness (QED) is 0.319. The van der Waals surface area contributed by atoms with Gasteiger partial charge in [-0.25, -0.2) is 9.38 Å². The molecule has 2 rings (SSSR count). The third-order valence-electron chi connectivity index (χ3n) is 4.29. The normalized spacial score (nSPS) is 10.9. The lowest BCUT2D eigenvalue weighted by molar-refractivity contribution is 0.275. The summed E-state index contributed by atoms with van der Waals surface area (Å²) in [5, 5.41) is 12.5. The molecule has 0 aliphatic rings. The summed E-state index contributed by atoms with van der Waals surface area (Å²) in [7, 11) is 5.19. The molecule has 0 heterocycles. The van der Waals surface area contributed by atoms with E-state index in [1.54, 1.807) is 26.4 Å². The molecule has 0 atom stereocenters. The predicted octanol–water partition coefficient (Wildman–Crippen LogP) is 3.55. The Hall–Kier alpha value is -2.07. The maximum Gasteiger partial charge on any atom is 0.194 e. The first-order valence-electron chi connectivity index (χ1n) is 9.10. The summed E-state index contributed by atoms with van der Waals surface area (Å²) in [6.45, 7) is 3.35. The molecular weight excluding hydrogens is 488 g/mol. The number of nitrogens with zero attached hydrogens (tertiary/aromatic N) is 2. The summed E-state index contributed by atoms with van der Waals surface area (Å²) >= 11 is 0. The number of aliphatic imine (C=N–C) groups is 1. The molecule has 0 bridgehead atoms. The Labute approximate surface area is 188 Å². The highest BCUT2D eigenvalue weighted by Crippen LogP contribution is 2.25. The van der Waals surface area contributed by atoms with Gasteiger partial charge in [-0.3, -0.25) is 0 Å². The first-order valence-corrected chi connectivity index (χ1v) is 9.10. The molecule has 8 heteroatoms. The Morgan fingerprint density at radius 1 is 1.14 bits per heavy atom. The second-order valence-corrected chi connectivity index (χ2v) is 6.29. The van der Waals surface area contributed by atoms with E-state index in [1.807, 2.05) is 37.1 Å². The van der Waals surface area contributed by atoms with E-state index in [-0.39, 0.29) is 36.1 Å². The fraction of sp³-hybridized carbons (Fsp3) is 0.381. The van der Waals surface area contributed by atoms with Gasteiger partial charge in [-0.05, 0) is 36.8 Å². The summed E-state index contributed by atoms with van der Waals surface area (Å²) in [5.74, 6) is 1.79. The average Bonchev–Trinajstić information content (AvgIpc) is 2.72. The molecule has 0 spiro atoms. The van der Waals surface area contributed by atoms with Crippen molar-refractivity contribution in [3.05, 3.63) is 58.9 Å². The number of hydrogen-bond donors (Lipinski definition) is 2. The number of methoxy groups -OCH3 is 2. The van der Waals surface area contributed by atoms with Crippen LogP contribution in [0, 0.1) is 5.82 Å². The van der Waals surface area contributed by atoms with E-state index < -0.39 is 5.82 Å². The van der Waals surface area contributed by atoms with E-state index in [2.05, 4.69) is 10.3 Å². The number of benzene rings is 2. The van der Waals surface area contributed by atoms with Gasteiger partial charge >= 0.3 is 0 Å². The molecule has 0 aliphatic heterocycles. The van der Waals surface area contributed by atoms with E-state index in [0.717, 1.165) is 28.6 Å². The fourth-order valence-corrected chi connectivity index (χ4v) is 2.80. The molecule has 2 N–H and O–H groups in total. The minimum atomic E-state index is -0.411. The summed E-state index contributed by atoms with van der Waals surface area (Å²) in [6, 6.07) is 10.4. The molecule has 2 aromatic rings. The van der Waals surface area contributed by atoms with Gasteiger partial charge in [-0.1, -0.05) is 6.07 Å². The molecule has 0 aliphatic carbocycles. The summed E-state index contributed by atoms with van der Waals surface area (Å²) < 4.78 is 24.3. The number of aliphatic hydroxyl groups excluding tert-OH is 1. The summed E-state index contributed by atoms with van der Waals surface area (Å²) in [5.41, 5.74) is 2.10. The molecule has 0 amide bonds. The van der Waals surface area contributed by atoms with Gasteiger partial charge < -0.3 is 24.8 Å². The van der Waals surface area contributed by atoms with Crippen LogP contribution in [-0.2, 0) is 19.7 Å². The monoisotopic (exact) mass is 517 g/mol. The van der Waals surface area contributed by atoms with Gasteiger partial charge in [-0.2, -0.15) is 0 Å². The number of ether oxygens (including phenoxy) is 2. The van der Waals surface area contributed by atoms with Crippen LogP contribution in [0.5, 0.6) is 11.5 Å². The van der Waals surface area contributed by atoms with E-state index in [0.29, 0.717) is 19.6 Å². The van der Waals surface area contributed by atoms with Gasteiger partial charge in [0.15, 0.2) is 5.96 Å². The van der Waals surface area contributed by atoms with Crippen molar-refractivity contribution in [2.75, 3.05) is 27.8 Å². The van der Waals surface area contributed by atoms with Crippen molar-refractivity contribution in [1.29, 1.82) is 0 Å². The zero-order chi connectivity index (χ0) is 20.5. The van der Waals surface area contributed by atoms with Crippen LogP contribution in [0.25, 0.3) is 0 Å². The van der Waals surface area contributed by atoms with Crippen LogP contribution in [-0.4, -0.2) is 43.8 Å². The van der Waals surface area contributed by atoms with Crippen molar-refractivity contribution in [2.45, 2.75) is 26.6 Å². The van der Waals surface area contributed by atoms with Crippen LogP contribution in [0.4, 0.5) is 4.39 Å². The van der Waals surface area contributed by atoms with Crippen molar-refractivity contribution in [3.8, 4) is 11.5 Å². The molecule has 0 saturated carbocycles. The van der Waals surface area contributed by atoms with E-state index in [9.17, 15) is 9.50 Å². The summed E-state index contributed by atoms with van der Waals surface area (Å²) in [6.07, 6.45) is 0. The fourth-order valence-electron chi connectivity index (χ4n) is 2.80. The number of halogens is 2. The van der Waals surface area contributed by atoms with Crippen LogP contribution in [0.2, 0.25) is 0 Å². The SMILES string of the molecule is CCNC(=NCc1ccc(F)c(CO)c1)N(C)Cc1ccc(OC)cc1OC.I. The van der Waals surface area contributed by atoms with E-state index in [1.165, 1.54) is 6.07 Å². The van der Waals surface area contributed by atoms with Crippen LogP contribution >= 0.6 is 24.0 Å². The second-order valence-electron chi connectivity index (χ2n) is 6.29. The first kappa shape index (κ1) is 25.0. The maximum atomic E-state index is 13.5. The van der Waals surface area contributed by atoms with Crippen LogP contribution in [0.15, 0.2) is 41.4 Å². The second kappa shape index (κ2) is 12.5. The van der Waals surface area contributed by atoms with Gasteiger partial charge in [0.2, 0.25) is 0 Å².